The first-order valence-corrected chi connectivity index (χ1v) is 2.65. The Morgan fingerprint density at radius 2 is 2.33 bits per heavy atom. The van der Waals surface area contributed by atoms with Crippen LogP contribution in [-0.4, -0.2) is 10.5 Å². The van der Waals surface area contributed by atoms with E-state index in [4.69, 9.17) is 5.11 Å². The second kappa shape index (κ2) is 3.50. The molecule has 0 saturated heterocycles. The Labute approximate surface area is 43.8 Å². The molecule has 0 fully saturated rings. The summed E-state index contributed by atoms with van der Waals surface area (Å²) in [4.78, 5) is 0. The molecular formula is C4H10OS. The number of aliphatic hydroxyl groups is 1. The van der Waals surface area contributed by atoms with E-state index in [1.807, 2.05) is 6.92 Å². The molecule has 0 bridgehead atoms. The van der Waals surface area contributed by atoms with Crippen LogP contribution in [0.4, 0.5) is 0 Å². The normalized spacial score (nSPS) is 14.5. The minimum Gasteiger partial charge on any atom is -0.383 e. The van der Waals surface area contributed by atoms with Crippen molar-refractivity contribution in [3.63, 3.8) is 0 Å². The van der Waals surface area contributed by atoms with Crippen LogP contribution in [-0.2, 0) is 0 Å². The minimum atomic E-state index is -0.407. The molecule has 0 amide bonds. The van der Waals surface area contributed by atoms with Gasteiger partial charge in [0.15, 0.2) is 0 Å². The number of thiol groups is 1. The first-order valence-electron chi connectivity index (χ1n) is 2.13. The first kappa shape index (κ1) is 6.31. The molecule has 0 aliphatic carbocycles. The summed E-state index contributed by atoms with van der Waals surface area (Å²) in [5.74, 6) is 0. The summed E-state index contributed by atoms with van der Waals surface area (Å²) >= 11 is 3.73. The Morgan fingerprint density at radius 1 is 1.83 bits per heavy atom. The molecule has 2 heteroatoms. The van der Waals surface area contributed by atoms with E-state index in [9.17, 15) is 0 Å². The fourth-order valence-electron chi connectivity index (χ4n) is 0.258. The molecule has 0 rings (SSSR count). The molecule has 0 aromatic carbocycles. The van der Waals surface area contributed by atoms with E-state index in [1.54, 1.807) is 0 Å². The third-order valence-corrected chi connectivity index (χ3v) is 0.805. The summed E-state index contributed by atoms with van der Waals surface area (Å²) in [5.41, 5.74) is -0.407. The highest BCUT2D eigenvalue weighted by Gasteiger charge is 1.88. The lowest BCUT2D eigenvalue weighted by molar-refractivity contribution is 0.254. The van der Waals surface area contributed by atoms with Gasteiger partial charge >= 0.3 is 0 Å². The van der Waals surface area contributed by atoms with E-state index in [2.05, 4.69) is 12.6 Å². The molecule has 0 heterocycles. The highest BCUT2D eigenvalue weighted by Crippen LogP contribution is 1.97. The SMILES string of the molecule is CCCC(O)S. The lowest BCUT2D eigenvalue weighted by Crippen LogP contribution is -1.91. The van der Waals surface area contributed by atoms with E-state index in [-0.39, 0.29) is 0 Å². The molecule has 0 radical (unpaired) electrons. The fraction of sp³-hybridized carbons (Fsp3) is 1.00. The third kappa shape index (κ3) is 4.31. The quantitative estimate of drug-likeness (QED) is 0.398. The Morgan fingerprint density at radius 3 is 2.33 bits per heavy atom. The van der Waals surface area contributed by atoms with Crippen LogP contribution in [0.5, 0.6) is 0 Å². The predicted octanol–water partition coefficient (Wildman–Crippen LogP) is 1.03. The van der Waals surface area contributed by atoms with Gasteiger partial charge in [0.1, 0.15) is 0 Å². The molecule has 0 aliphatic rings. The Balaban J connectivity index is 2.63. The van der Waals surface area contributed by atoms with Gasteiger partial charge in [-0.15, -0.1) is 12.6 Å². The third-order valence-electron chi connectivity index (χ3n) is 0.547. The van der Waals surface area contributed by atoms with E-state index in [0.29, 0.717) is 0 Å². The Bertz CT molecular complexity index is 28.7. The topological polar surface area (TPSA) is 20.2 Å². The highest BCUT2D eigenvalue weighted by molar-refractivity contribution is 7.80. The summed E-state index contributed by atoms with van der Waals surface area (Å²) in [6, 6.07) is 0. The van der Waals surface area contributed by atoms with Crippen molar-refractivity contribution in [2.75, 3.05) is 0 Å². The van der Waals surface area contributed by atoms with Crippen molar-refractivity contribution >= 4 is 12.6 Å². The molecular weight excluding hydrogens is 96.1 g/mol. The van der Waals surface area contributed by atoms with Gasteiger partial charge in [0.05, 0.1) is 5.44 Å². The molecule has 0 aromatic heterocycles. The monoisotopic (exact) mass is 106 g/mol. The molecule has 1 nitrogen and oxygen atoms in total. The van der Waals surface area contributed by atoms with Crippen LogP contribution in [0, 0.1) is 0 Å². The lowest BCUT2D eigenvalue weighted by Gasteiger charge is -1.94. The highest BCUT2D eigenvalue weighted by atomic mass is 32.1. The summed E-state index contributed by atoms with van der Waals surface area (Å²) in [6.07, 6.45) is 1.80. The zero-order chi connectivity index (χ0) is 4.99. The Kier molecular flexibility index (Phi) is 3.68. The molecule has 0 saturated carbocycles. The lowest BCUT2D eigenvalue weighted by atomic mass is 10.4. The van der Waals surface area contributed by atoms with E-state index in [1.165, 1.54) is 0 Å². The molecule has 38 valence electrons. The molecule has 6 heavy (non-hydrogen) atoms. The number of hydrogen-bond acceptors (Lipinski definition) is 2. The number of aliphatic hydroxyl groups excluding tert-OH is 1. The second-order valence-electron chi connectivity index (χ2n) is 1.27. The molecule has 0 aliphatic heterocycles. The smallest absolute Gasteiger partial charge is 0.0964 e. The average Bonchev–Trinajstić information content (AvgIpc) is 1.35. The number of rotatable bonds is 2. The van der Waals surface area contributed by atoms with Gasteiger partial charge in [0.25, 0.3) is 0 Å². The maximum absolute atomic E-state index is 8.42. The van der Waals surface area contributed by atoms with Gasteiger partial charge in [-0.3, -0.25) is 0 Å². The van der Waals surface area contributed by atoms with Crippen LogP contribution in [0.25, 0.3) is 0 Å². The molecule has 0 aromatic rings. The Hall–Kier alpha value is 0.310. The summed E-state index contributed by atoms with van der Waals surface area (Å²) in [6.45, 7) is 2.01. The van der Waals surface area contributed by atoms with Crippen LogP contribution in [0.3, 0.4) is 0 Å². The zero-order valence-corrected chi connectivity index (χ0v) is 4.78. The van der Waals surface area contributed by atoms with Crippen molar-refractivity contribution in [1.29, 1.82) is 0 Å². The van der Waals surface area contributed by atoms with E-state index < -0.39 is 5.44 Å². The number of hydrogen-bond donors (Lipinski definition) is 2. The molecule has 1 N–H and O–H groups in total. The van der Waals surface area contributed by atoms with Gasteiger partial charge < -0.3 is 5.11 Å². The van der Waals surface area contributed by atoms with Crippen LogP contribution >= 0.6 is 12.6 Å². The average molecular weight is 106 g/mol. The fourth-order valence-corrected chi connectivity index (χ4v) is 0.516. The molecule has 0 spiro atoms. The van der Waals surface area contributed by atoms with Crippen molar-refractivity contribution in [3.05, 3.63) is 0 Å². The van der Waals surface area contributed by atoms with Gasteiger partial charge in [-0.25, -0.2) is 0 Å². The van der Waals surface area contributed by atoms with Crippen LogP contribution in [0.15, 0.2) is 0 Å². The minimum absolute atomic E-state index is 0.407. The maximum atomic E-state index is 8.42. The van der Waals surface area contributed by atoms with Gasteiger partial charge in [0, 0.05) is 0 Å². The first-order chi connectivity index (χ1) is 2.77. The predicted molar refractivity (Wildman–Crippen MR) is 29.9 cm³/mol. The van der Waals surface area contributed by atoms with E-state index >= 15 is 0 Å². The van der Waals surface area contributed by atoms with Crippen LogP contribution in [0.2, 0.25) is 0 Å². The van der Waals surface area contributed by atoms with Gasteiger partial charge in [-0.2, -0.15) is 0 Å². The van der Waals surface area contributed by atoms with Gasteiger partial charge in [-0.1, -0.05) is 13.3 Å². The van der Waals surface area contributed by atoms with Crippen molar-refractivity contribution in [3.8, 4) is 0 Å². The van der Waals surface area contributed by atoms with Crippen LogP contribution in [0.1, 0.15) is 19.8 Å². The van der Waals surface area contributed by atoms with Crippen molar-refractivity contribution in [2.45, 2.75) is 25.2 Å². The molecule has 1 unspecified atom stereocenters. The van der Waals surface area contributed by atoms with E-state index in [0.717, 1.165) is 12.8 Å². The standard InChI is InChI=1S/C4H10OS/c1-2-3-4(5)6/h4-6H,2-3H2,1H3. The van der Waals surface area contributed by atoms with Crippen LogP contribution < -0.4 is 0 Å². The van der Waals surface area contributed by atoms with Crippen molar-refractivity contribution in [1.82, 2.24) is 0 Å². The van der Waals surface area contributed by atoms with Crippen molar-refractivity contribution < 1.29 is 5.11 Å². The van der Waals surface area contributed by atoms with Crippen molar-refractivity contribution in [2.24, 2.45) is 0 Å². The largest absolute Gasteiger partial charge is 0.383 e. The summed E-state index contributed by atoms with van der Waals surface area (Å²) < 4.78 is 0. The van der Waals surface area contributed by atoms with Gasteiger partial charge in [-0.05, 0) is 6.42 Å². The van der Waals surface area contributed by atoms with Gasteiger partial charge in [0.2, 0.25) is 0 Å². The summed E-state index contributed by atoms with van der Waals surface area (Å²) in [7, 11) is 0. The second-order valence-corrected chi connectivity index (χ2v) is 1.87. The zero-order valence-electron chi connectivity index (χ0n) is 3.89. The summed E-state index contributed by atoms with van der Waals surface area (Å²) in [5, 5.41) is 8.42. The molecule has 1 atom stereocenters. The maximum Gasteiger partial charge on any atom is 0.0964 e.